The molecule has 0 aliphatic rings. The van der Waals surface area contributed by atoms with Crippen LogP contribution in [0.2, 0.25) is 0 Å². The summed E-state index contributed by atoms with van der Waals surface area (Å²) in [5.74, 6) is 1.13. The SMILES string of the molecule is C=CCOc1ccc2[nH]nc(NC(=O)Nc3ccc(C)cc3)c2c1. The largest absolute Gasteiger partial charge is 0.490 e. The summed E-state index contributed by atoms with van der Waals surface area (Å²) in [6.45, 7) is 6.03. The molecule has 0 aliphatic carbocycles. The molecule has 0 saturated heterocycles. The van der Waals surface area contributed by atoms with Crippen molar-refractivity contribution in [3.63, 3.8) is 0 Å². The van der Waals surface area contributed by atoms with Gasteiger partial charge in [0.1, 0.15) is 12.4 Å². The van der Waals surface area contributed by atoms with Gasteiger partial charge in [-0.3, -0.25) is 10.4 Å². The number of hydrogen-bond donors (Lipinski definition) is 3. The van der Waals surface area contributed by atoms with Crippen LogP contribution >= 0.6 is 0 Å². The van der Waals surface area contributed by atoms with Gasteiger partial charge in [-0.2, -0.15) is 5.10 Å². The number of fused-ring (bicyclic) bond motifs is 1. The number of urea groups is 1. The lowest BCUT2D eigenvalue weighted by Gasteiger charge is -2.07. The molecule has 3 rings (SSSR count). The Balaban J connectivity index is 1.75. The molecule has 6 heteroatoms. The van der Waals surface area contributed by atoms with E-state index in [0.717, 1.165) is 16.5 Å². The molecule has 2 aromatic carbocycles. The number of aromatic amines is 1. The molecule has 122 valence electrons. The lowest BCUT2D eigenvalue weighted by Crippen LogP contribution is -2.19. The number of carbonyl (C=O) groups is 1. The van der Waals surface area contributed by atoms with E-state index in [1.807, 2.05) is 49.4 Å². The summed E-state index contributed by atoms with van der Waals surface area (Å²) in [5.41, 5.74) is 2.66. The Morgan fingerprint density at radius 2 is 2.04 bits per heavy atom. The average Bonchev–Trinajstić information content (AvgIpc) is 2.97. The molecule has 1 aromatic heterocycles. The minimum atomic E-state index is -0.357. The second kappa shape index (κ2) is 6.87. The summed E-state index contributed by atoms with van der Waals surface area (Å²) in [7, 11) is 0. The Morgan fingerprint density at radius 1 is 1.25 bits per heavy atom. The first-order chi connectivity index (χ1) is 11.7. The molecule has 0 bridgehead atoms. The number of nitrogens with one attached hydrogen (secondary N) is 3. The van der Waals surface area contributed by atoms with Crippen molar-refractivity contribution in [2.45, 2.75) is 6.92 Å². The highest BCUT2D eigenvalue weighted by Crippen LogP contribution is 2.25. The van der Waals surface area contributed by atoms with Gasteiger partial charge in [-0.1, -0.05) is 30.4 Å². The van der Waals surface area contributed by atoms with E-state index in [2.05, 4.69) is 27.4 Å². The van der Waals surface area contributed by atoms with Crippen LogP contribution in [-0.4, -0.2) is 22.8 Å². The third-order valence-corrected chi connectivity index (χ3v) is 3.44. The number of amides is 2. The zero-order chi connectivity index (χ0) is 16.9. The number of anilines is 2. The number of benzene rings is 2. The molecule has 1 heterocycles. The van der Waals surface area contributed by atoms with Crippen molar-refractivity contribution >= 4 is 28.4 Å². The molecule has 0 aliphatic heterocycles. The predicted molar refractivity (Wildman–Crippen MR) is 95.6 cm³/mol. The maximum absolute atomic E-state index is 12.1. The standard InChI is InChI=1S/C18H18N4O2/c1-3-10-24-14-8-9-16-15(11-14)17(22-21-16)20-18(23)19-13-6-4-12(2)5-7-13/h3-9,11H,1,10H2,2H3,(H3,19,20,21,22,23). The van der Waals surface area contributed by atoms with Crippen molar-refractivity contribution in [3.05, 3.63) is 60.7 Å². The first-order valence-corrected chi connectivity index (χ1v) is 7.52. The van der Waals surface area contributed by atoms with Crippen molar-refractivity contribution in [3.8, 4) is 5.75 Å². The summed E-state index contributed by atoms with van der Waals surface area (Å²) in [4.78, 5) is 12.1. The van der Waals surface area contributed by atoms with Crippen molar-refractivity contribution < 1.29 is 9.53 Å². The van der Waals surface area contributed by atoms with Gasteiger partial charge in [0.2, 0.25) is 0 Å². The van der Waals surface area contributed by atoms with Gasteiger partial charge in [-0.25, -0.2) is 4.79 Å². The van der Waals surface area contributed by atoms with Crippen molar-refractivity contribution in [2.75, 3.05) is 17.2 Å². The number of hydrogen-bond acceptors (Lipinski definition) is 3. The third-order valence-electron chi connectivity index (χ3n) is 3.44. The Labute approximate surface area is 139 Å². The molecule has 0 saturated carbocycles. The molecular weight excluding hydrogens is 304 g/mol. The summed E-state index contributed by atoms with van der Waals surface area (Å²) in [6.07, 6.45) is 1.67. The normalized spacial score (nSPS) is 10.4. The molecule has 0 radical (unpaired) electrons. The summed E-state index contributed by atoms with van der Waals surface area (Å²) in [5, 5.41) is 13.3. The van der Waals surface area contributed by atoms with Crippen LogP contribution in [0.5, 0.6) is 5.75 Å². The monoisotopic (exact) mass is 322 g/mol. The highest BCUT2D eigenvalue weighted by Gasteiger charge is 2.10. The van der Waals surface area contributed by atoms with Crippen LogP contribution in [0.3, 0.4) is 0 Å². The number of ether oxygens (including phenoxy) is 1. The maximum Gasteiger partial charge on any atom is 0.324 e. The minimum Gasteiger partial charge on any atom is -0.490 e. The first-order valence-electron chi connectivity index (χ1n) is 7.52. The predicted octanol–water partition coefficient (Wildman–Crippen LogP) is 4.08. The van der Waals surface area contributed by atoms with E-state index < -0.39 is 0 Å². The summed E-state index contributed by atoms with van der Waals surface area (Å²) < 4.78 is 5.51. The van der Waals surface area contributed by atoms with Crippen molar-refractivity contribution in [1.82, 2.24) is 10.2 Å². The lowest BCUT2D eigenvalue weighted by atomic mass is 10.2. The summed E-state index contributed by atoms with van der Waals surface area (Å²) in [6, 6.07) is 12.7. The van der Waals surface area contributed by atoms with Crippen LogP contribution in [0.25, 0.3) is 10.9 Å². The lowest BCUT2D eigenvalue weighted by molar-refractivity contribution is 0.262. The fourth-order valence-electron chi connectivity index (χ4n) is 2.24. The molecule has 2 amide bonds. The molecular formula is C18H18N4O2. The Bertz CT molecular complexity index is 868. The Morgan fingerprint density at radius 3 is 2.79 bits per heavy atom. The number of aromatic nitrogens is 2. The van der Waals surface area contributed by atoms with E-state index in [1.54, 1.807) is 6.08 Å². The fourth-order valence-corrected chi connectivity index (χ4v) is 2.24. The van der Waals surface area contributed by atoms with E-state index >= 15 is 0 Å². The van der Waals surface area contributed by atoms with Gasteiger partial charge in [0.25, 0.3) is 0 Å². The van der Waals surface area contributed by atoms with Crippen LogP contribution in [0.1, 0.15) is 5.56 Å². The van der Waals surface area contributed by atoms with Crippen LogP contribution in [0.15, 0.2) is 55.1 Å². The van der Waals surface area contributed by atoms with Gasteiger partial charge in [0.15, 0.2) is 5.82 Å². The zero-order valence-corrected chi connectivity index (χ0v) is 13.3. The summed E-state index contributed by atoms with van der Waals surface area (Å²) >= 11 is 0. The molecule has 3 aromatic rings. The van der Waals surface area contributed by atoms with Gasteiger partial charge < -0.3 is 10.1 Å². The first kappa shape index (κ1) is 15.6. The Hall–Kier alpha value is -3.28. The van der Waals surface area contributed by atoms with Crippen LogP contribution in [0, 0.1) is 6.92 Å². The highest BCUT2D eigenvalue weighted by molar-refractivity contribution is 6.04. The quantitative estimate of drug-likeness (QED) is 0.619. The van der Waals surface area contributed by atoms with E-state index in [9.17, 15) is 4.79 Å². The van der Waals surface area contributed by atoms with E-state index in [0.29, 0.717) is 23.9 Å². The molecule has 0 unspecified atom stereocenters. The average molecular weight is 322 g/mol. The molecule has 0 spiro atoms. The second-order valence-electron chi connectivity index (χ2n) is 5.32. The molecule has 0 atom stereocenters. The number of rotatable bonds is 5. The van der Waals surface area contributed by atoms with Crippen LogP contribution in [0.4, 0.5) is 16.3 Å². The number of H-pyrrole nitrogens is 1. The van der Waals surface area contributed by atoms with Crippen LogP contribution in [-0.2, 0) is 0 Å². The van der Waals surface area contributed by atoms with E-state index in [1.165, 1.54) is 0 Å². The number of nitrogens with zero attached hydrogens (tertiary/aromatic N) is 1. The van der Waals surface area contributed by atoms with Gasteiger partial charge in [-0.15, -0.1) is 0 Å². The smallest absolute Gasteiger partial charge is 0.324 e. The van der Waals surface area contributed by atoms with Gasteiger partial charge in [0, 0.05) is 11.1 Å². The van der Waals surface area contributed by atoms with Gasteiger partial charge in [0.05, 0.1) is 5.52 Å². The highest BCUT2D eigenvalue weighted by atomic mass is 16.5. The van der Waals surface area contributed by atoms with Crippen molar-refractivity contribution in [2.24, 2.45) is 0 Å². The van der Waals surface area contributed by atoms with E-state index in [-0.39, 0.29) is 6.03 Å². The Kier molecular flexibility index (Phi) is 4.47. The minimum absolute atomic E-state index is 0.357. The zero-order valence-electron chi connectivity index (χ0n) is 13.3. The van der Waals surface area contributed by atoms with Gasteiger partial charge in [-0.05, 0) is 37.3 Å². The van der Waals surface area contributed by atoms with Gasteiger partial charge >= 0.3 is 6.03 Å². The molecule has 0 fully saturated rings. The number of aryl methyl sites for hydroxylation is 1. The third kappa shape index (κ3) is 3.55. The molecule has 24 heavy (non-hydrogen) atoms. The maximum atomic E-state index is 12.1. The van der Waals surface area contributed by atoms with Crippen molar-refractivity contribution in [1.29, 1.82) is 0 Å². The molecule has 3 N–H and O–H groups in total. The topological polar surface area (TPSA) is 79.0 Å². The number of carbonyl (C=O) groups excluding carboxylic acids is 1. The fraction of sp³-hybridized carbons (Fsp3) is 0.111. The second-order valence-corrected chi connectivity index (χ2v) is 5.32. The molecule has 6 nitrogen and oxygen atoms in total. The van der Waals surface area contributed by atoms with E-state index in [4.69, 9.17) is 4.74 Å². The van der Waals surface area contributed by atoms with Crippen LogP contribution < -0.4 is 15.4 Å².